The van der Waals surface area contributed by atoms with Crippen molar-refractivity contribution in [3.8, 4) is 0 Å². The van der Waals surface area contributed by atoms with Gasteiger partial charge in [0, 0.05) is 30.1 Å². The Kier molecular flexibility index (Phi) is 6.03. The van der Waals surface area contributed by atoms with Gasteiger partial charge in [-0.25, -0.2) is 9.78 Å². The molecule has 5 nitrogen and oxygen atoms in total. The first-order chi connectivity index (χ1) is 10.7. The molecule has 0 bridgehead atoms. The van der Waals surface area contributed by atoms with Crippen LogP contribution in [0, 0.1) is 0 Å². The highest BCUT2D eigenvalue weighted by molar-refractivity contribution is 7.84. The molecule has 1 aromatic heterocycles. The predicted molar refractivity (Wildman–Crippen MR) is 91.9 cm³/mol. The van der Waals surface area contributed by atoms with E-state index in [1.54, 1.807) is 17.2 Å². The lowest BCUT2D eigenvalue weighted by Gasteiger charge is -2.33. The van der Waals surface area contributed by atoms with Crippen molar-refractivity contribution in [2.75, 3.05) is 13.1 Å². The lowest BCUT2D eigenvalue weighted by Crippen LogP contribution is -2.46. The molecule has 0 saturated carbocycles. The Morgan fingerprint density at radius 1 is 1.48 bits per heavy atom. The average Bonchev–Trinajstić information content (AvgIpc) is 2.48. The van der Waals surface area contributed by atoms with E-state index in [4.69, 9.17) is 16.3 Å². The Labute approximate surface area is 144 Å². The van der Waals surface area contributed by atoms with E-state index >= 15 is 0 Å². The van der Waals surface area contributed by atoms with Crippen LogP contribution in [-0.2, 0) is 21.3 Å². The zero-order valence-electron chi connectivity index (χ0n) is 13.8. The van der Waals surface area contributed by atoms with Gasteiger partial charge in [0.1, 0.15) is 10.8 Å². The van der Waals surface area contributed by atoms with Crippen molar-refractivity contribution in [2.24, 2.45) is 0 Å². The van der Waals surface area contributed by atoms with Crippen molar-refractivity contribution in [1.82, 2.24) is 9.88 Å². The number of hydrogen-bond acceptors (Lipinski definition) is 4. The summed E-state index contributed by atoms with van der Waals surface area (Å²) < 4.78 is 18.0. The standard InChI is InChI=1S/C16H23ClN2O3S/c1-16(2,3)22-15(20)19-8-4-5-13(10-19)23(21)11-12-6-7-14(17)18-9-12/h6-7,9,13H,4-5,8,10-11H2,1-3H3/t13-,23-/m0/s1. The molecule has 0 spiro atoms. The first-order valence-corrected chi connectivity index (χ1v) is 9.46. The van der Waals surface area contributed by atoms with Crippen LogP contribution in [0.4, 0.5) is 4.79 Å². The number of carbonyl (C=O) groups is 1. The third kappa shape index (κ3) is 5.77. The molecule has 1 aromatic rings. The number of pyridine rings is 1. The molecular formula is C16H23ClN2O3S. The van der Waals surface area contributed by atoms with E-state index in [0.717, 1.165) is 18.4 Å². The monoisotopic (exact) mass is 358 g/mol. The number of amides is 1. The second kappa shape index (κ2) is 7.62. The van der Waals surface area contributed by atoms with E-state index in [9.17, 15) is 9.00 Å². The maximum absolute atomic E-state index is 12.6. The van der Waals surface area contributed by atoms with Crippen LogP contribution >= 0.6 is 11.6 Å². The Bertz CT molecular complexity index is 572. The van der Waals surface area contributed by atoms with Gasteiger partial charge in [-0.2, -0.15) is 0 Å². The molecule has 0 unspecified atom stereocenters. The van der Waals surface area contributed by atoms with Crippen LogP contribution < -0.4 is 0 Å². The van der Waals surface area contributed by atoms with Gasteiger partial charge in [0.25, 0.3) is 0 Å². The summed E-state index contributed by atoms with van der Waals surface area (Å²) in [5.74, 6) is 0.428. The molecule has 23 heavy (non-hydrogen) atoms. The number of likely N-dealkylation sites (tertiary alicyclic amines) is 1. The third-order valence-electron chi connectivity index (χ3n) is 3.50. The van der Waals surface area contributed by atoms with E-state index in [-0.39, 0.29) is 11.3 Å². The van der Waals surface area contributed by atoms with Gasteiger partial charge in [0.05, 0.1) is 11.0 Å². The van der Waals surface area contributed by atoms with Gasteiger partial charge in [-0.3, -0.25) is 4.21 Å². The molecule has 128 valence electrons. The number of nitrogens with zero attached hydrogens (tertiary/aromatic N) is 2. The van der Waals surface area contributed by atoms with Crippen molar-refractivity contribution >= 4 is 28.5 Å². The summed E-state index contributed by atoms with van der Waals surface area (Å²) in [6.45, 7) is 6.67. The normalized spacial score (nSPS) is 20.2. The fourth-order valence-corrected chi connectivity index (χ4v) is 4.04. The molecule has 0 aliphatic carbocycles. The van der Waals surface area contributed by atoms with Crippen LogP contribution in [-0.4, -0.2) is 44.1 Å². The molecule has 0 N–H and O–H groups in total. The molecule has 2 atom stereocenters. The predicted octanol–water partition coefficient (Wildman–Crippen LogP) is 3.38. The fourth-order valence-electron chi connectivity index (χ4n) is 2.42. The second-order valence-electron chi connectivity index (χ2n) is 6.70. The SMILES string of the molecule is CC(C)(C)OC(=O)N1CCC[C@H]([S@@](=O)Cc2ccc(Cl)nc2)C1. The van der Waals surface area contributed by atoms with E-state index < -0.39 is 16.4 Å². The molecule has 2 heterocycles. The minimum absolute atomic E-state index is 0.0352. The number of carbonyl (C=O) groups excluding carboxylic acids is 1. The zero-order chi connectivity index (χ0) is 17.0. The Hall–Kier alpha value is -1.14. The smallest absolute Gasteiger partial charge is 0.410 e. The zero-order valence-corrected chi connectivity index (χ0v) is 15.3. The van der Waals surface area contributed by atoms with Gasteiger partial charge in [-0.15, -0.1) is 0 Å². The average molecular weight is 359 g/mol. The summed E-state index contributed by atoms with van der Waals surface area (Å²) >= 11 is 5.76. The summed E-state index contributed by atoms with van der Waals surface area (Å²) in [5, 5.41) is 0.389. The lowest BCUT2D eigenvalue weighted by atomic mass is 10.1. The van der Waals surface area contributed by atoms with Gasteiger partial charge in [-0.05, 0) is 45.2 Å². The number of rotatable bonds is 3. The maximum Gasteiger partial charge on any atom is 0.410 e. The lowest BCUT2D eigenvalue weighted by molar-refractivity contribution is 0.0219. The number of hydrogen-bond donors (Lipinski definition) is 0. The topological polar surface area (TPSA) is 59.5 Å². The van der Waals surface area contributed by atoms with Crippen molar-refractivity contribution in [2.45, 2.75) is 50.2 Å². The number of halogens is 1. The van der Waals surface area contributed by atoms with Crippen LogP contribution in [0.5, 0.6) is 0 Å². The molecule has 7 heteroatoms. The van der Waals surface area contributed by atoms with Gasteiger partial charge in [-0.1, -0.05) is 17.7 Å². The molecule has 1 aliphatic rings. The van der Waals surface area contributed by atoms with Crippen molar-refractivity contribution in [1.29, 1.82) is 0 Å². The third-order valence-corrected chi connectivity index (χ3v) is 5.47. The molecule has 1 fully saturated rings. The molecular weight excluding hydrogens is 336 g/mol. The van der Waals surface area contributed by atoms with E-state index in [1.807, 2.05) is 26.8 Å². The molecule has 1 saturated heterocycles. The van der Waals surface area contributed by atoms with Gasteiger partial charge < -0.3 is 9.64 Å². The summed E-state index contributed by atoms with van der Waals surface area (Å²) in [4.78, 5) is 17.8. The second-order valence-corrected chi connectivity index (χ2v) is 8.81. The van der Waals surface area contributed by atoms with Crippen molar-refractivity contribution in [3.05, 3.63) is 29.0 Å². The van der Waals surface area contributed by atoms with Crippen molar-refractivity contribution in [3.63, 3.8) is 0 Å². The Morgan fingerprint density at radius 3 is 2.83 bits per heavy atom. The first-order valence-electron chi connectivity index (χ1n) is 7.70. The van der Waals surface area contributed by atoms with E-state index in [0.29, 0.717) is 24.0 Å². The van der Waals surface area contributed by atoms with Crippen molar-refractivity contribution < 1.29 is 13.7 Å². The van der Waals surface area contributed by atoms with Crippen LogP contribution in [0.1, 0.15) is 39.2 Å². The van der Waals surface area contributed by atoms with E-state index in [2.05, 4.69) is 4.98 Å². The number of piperidine rings is 1. The quantitative estimate of drug-likeness (QED) is 0.777. The molecule has 1 aliphatic heterocycles. The molecule has 0 radical (unpaired) electrons. The highest BCUT2D eigenvalue weighted by Crippen LogP contribution is 2.20. The van der Waals surface area contributed by atoms with Gasteiger partial charge in [0.15, 0.2) is 0 Å². The number of aromatic nitrogens is 1. The number of ether oxygens (including phenoxy) is 1. The van der Waals surface area contributed by atoms with Crippen LogP contribution in [0.25, 0.3) is 0 Å². The minimum atomic E-state index is -1.06. The van der Waals surface area contributed by atoms with Crippen LogP contribution in [0.3, 0.4) is 0 Å². The minimum Gasteiger partial charge on any atom is -0.444 e. The summed E-state index contributed by atoms with van der Waals surface area (Å²) in [5.41, 5.74) is 0.375. The first kappa shape index (κ1) is 18.2. The van der Waals surface area contributed by atoms with E-state index in [1.165, 1.54) is 0 Å². The molecule has 0 aromatic carbocycles. The highest BCUT2D eigenvalue weighted by atomic mass is 35.5. The van der Waals surface area contributed by atoms with Gasteiger partial charge in [0.2, 0.25) is 0 Å². The van der Waals surface area contributed by atoms with Gasteiger partial charge >= 0.3 is 6.09 Å². The molecule has 1 amide bonds. The largest absolute Gasteiger partial charge is 0.444 e. The summed E-state index contributed by atoms with van der Waals surface area (Å²) in [6, 6.07) is 3.53. The Morgan fingerprint density at radius 2 is 2.22 bits per heavy atom. The summed E-state index contributed by atoms with van der Waals surface area (Å²) in [7, 11) is -1.06. The van der Waals surface area contributed by atoms with Crippen LogP contribution in [0.15, 0.2) is 18.3 Å². The molecule has 2 rings (SSSR count). The van der Waals surface area contributed by atoms with Crippen LogP contribution in [0.2, 0.25) is 5.15 Å². The Balaban J connectivity index is 1.93. The maximum atomic E-state index is 12.6. The highest BCUT2D eigenvalue weighted by Gasteiger charge is 2.30. The summed E-state index contributed by atoms with van der Waals surface area (Å²) in [6.07, 6.45) is 3.02. The fraction of sp³-hybridized carbons (Fsp3) is 0.625.